The lowest BCUT2D eigenvalue weighted by molar-refractivity contribution is 0.646. The normalized spacial score (nSPS) is 12.8. The quantitative estimate of drug-likeness (QED) is 0.158. The molecule has 58 heavy (non-hydrogen) atoms. The Morgan fingerprint density at radius 1 is 0.414 bits per heavy atom. The summed E-state index contributed by atoms with van der Waals surface area (Å²) in [6, 6.07) is 74.6. The Morgan fingerprint density at radius 2 is 0.862 bits per heavy atom. The first-order valence-corrected chi connectivity index (χ1v) is 20.1. The summed E-state index contributed by atoms with van der Waals surface area (Å²) in [6.45, 7) is 4.77. The van der Waals surface area contributed by atoms with Gasteiger partial charge in [0.1, 0.15) is 0 Å². The Hall–Kier alpha value is -7.36. The van der Waals surface area contributed by atoms with E-state index in [1.165, 1.54) is 77.8 Å². The fourth-order valence-corrected chi connectivity index (χ4v) is 9.24. The summed E-state index contributed by atoms with van der Waals surface area (Å²) in [4.78, 5) is 2.35. The van der Waals surface area contributed by atoms with Crippen LogP contribution >= 0.6 is 0 Å². The molecule has 3 nitrogen and oxygen atoms in total. The van der Waals surface area contributed by atoms with E-state index in [4.69, 9.17) is 0 Å². The maximum absolute atomic E-state index is 2.46. The van der Waals surface area contributed by atoms with Gasteiger partial charge in [0.2, 0.25) is 0 Å². The van der Waals surface area contributed by atoms with Crippen LogP contribution in [0.15, 0.2) is 212 Å². The molecule has 0 saturated heterocycles. The van der Waals surface area contributed by atoms with E-state index in [1.54, 1.807) is 0 Å². The molecule has 2 aromatic heterocycles. The summed E-state index contributed by atoms with van der Waals surface area (Å²) in [5, 5.41) is 2.58. The van der Waals surface area contributed by atoms with E-state index >= 15 is 0 Å². The number of para-hydroxylation sites is 2. The predicted octanol–water partition coefficient (Wildman–Crippen LogP) is 14.7. The standard InChI is InChI=1S/C55H41N3/c1-55(2)50-36-43(28-35-52(50)56-37-49-48-20-12-13-21-51(48)58(53(49)54(55)56)44-18-10-5-11-19-44)42-26-33-47(34-27-42)57(45-29-22-40(23-30-45)38-14-6-3-7-15-38)46-31-24-41(25-32-46)39-16-8-4-9-17-39/h3-37H,1-2H3. The van der Waals surface area contributed by atoms with E-state index in [0.717, 1.165) is 17.1 Å². The van der Waals surface area contributed by atoms with Crippen LogP contribution < -0.4 is 4.90 Å². The van der Waals surface area contributed by atoms with Crippen molar-refractivity contribution in [2.24, 2.45) is 0 Å². The smallest absolute Gasteiger partial charge is 0.0763 e. The molecule has 0 unspecified atom stereocenters. The minimum Gasteiger partial charge on any atom is -0.317 e. The van der Waals surface area contributed by atoms with Crippen LogP contribution in [-0.4, -0.2) is 9.13 Å². The van der Waals surface area contributed by atoms with Crippen LogP contribution in [0.25, 0.3) is 66.6 Å². The fourth-order valence-electron chi connectivity index (χ4n) is 9.24. The van der Waals surface area contributed by atoms with E-state index in [0.29, 0.717) is 0 Å². The van der Waals surface area contributed by atoms with Crippen LogP contribution in [0, 0.1) is 0 Å². The second-order valence-corrected chi connectivity index (χ2v) is 15.9. The van der Waals surface area contributed by atoms with Crippen LogP contribution in [0.3, 0.4) is 0 Å². The molecule has 276 valence electrons. The van der Waals surface area contributed by atoms with Crippen molar-refractivity contribution in [3.8, 4) is 44.8 Å². The Labute approximate surface area is 339 Å². The van der Waals surface area contributed by atoms with Crippen LogP contribution in [0.5, 0.6) is 0 Å². The molecule has 0 bridgehead atoms. The lowest BCUT2D eigenvalue weighted by Crippen LogP contribution is -2.17. The highest BCUT2D eigenvalue weighted by Gasteiger charge is 2.40. The van der Waals surface area contributed by atoms with Crippen molar-refractivity contribution in [3.63, 3.8) is 0 Å². The molecule has 1 aliphatic rings. The fraction of sp³-hybridized carbons (Fsp3) is 0.0545. The second kappa shape index (κ2) is 13.4. The van der Waals surface area contributed by atoms with Crippen LogP contribution in [0.1, 0.15) is 25.1 Å². The highest BCUT2D eigenvalue weighted by atomic mass is 15.1. The molecule has 10 aromatic rings. The zero-order chi connectivity index (χ0) is 38.8. The second-order valence-electron chi connectivity index (χ2n) is 15.9. The predicted molar refractivity (Wildman–Crippen MR) is 243 cm³/mol. The largest absolute Gasteiger partial charge is 0.317 e. The SMILES string of the molecule is CC1(C)c2cc(-c3ccc(N(c4ccc(-c5ccccc5)cc4)c4ccc(-c5ccccc5)cc4)cc3)ccc2-n2cc3c4ccccc4n(-c4ccccc4)c3c21. The van der Waals surface area contributed by atoms with Gasteiger partial charge >= 0.3 is 0 Å². The van der Waals surface area contributed by atoms with Crippen molar-refractivity contribution in [1.29, 1.82) is 0 Å². The van der Waals surface area contributed by atoms with E-state index < -0.39 is 0 Å². The summed E-state index contributed by atoms with van der Waals surface area (Å²) in [5.41, 5.74) is 18.0. The van der Waals surface area contributed by atoms with Gasteiger partial charge in [0.05, 0.1) is 16.7 Å². The average molecular weight is 744 g/mol. The molecule has 1 aliphatic heterocycles. The molecule has 0 N–H and O–H groups in total. The molecule has 0 atom stereocenters. The third-order valence-electron chi connectivity index (χ3n) is 12.1. The minimum atomic E-state index is -0.220. The van der Waals surface area contributed by atoms with Gasteiger partial charge in [-0.15, -0.1) is 0 Å². The molecule has 3 heterocycles. The number of anilines is 3. The number of rotatable bonds is 7. The van der Waals surface area contributed by atoms with Crippen molar-refractivity contribution in [3.05, 3.63) is 224 Å². The molecular weight excluding hydrogens is 703 g/mol. The monoisotopic (exact) mass is 743 g/mol. The third kappa shape index (κ3) is 5.43. The highest BCUT2D eigenvalue weighted by molar-refractivity contribution is 6.11. The maximum Gasteiger partial charge on any atom is 0.0763 e. The number of hydrogen-bond acceptors (Lipinski definition) is 1. The first-order chi connectivity index (χ1) is 28.5. The number of aromatic nitrogens is 2. The molecule has 0 spiro atoms. The summed E-state index contributed by atoms with van der Waals surface area (Å²) in [7, 11) is 0. The zero-order valence-electron chi connectivity index (χ0n) is 32.5. The summed E-state index contributed by atoms with van der Waals surface area (Å²) in [6.07, 6.45) is 2.36. The lowest BCUT2D eigenvalue weighted by atomic mass is 9.81. The van der Waals surface area contributed by atoms with Crippen molar-refractivity contribution in [2.45, 2.75) is 19.3 Å². The maximum atomic E-state index is 2.46. The molecule has 0 saturated carbocycles. The van der Waals surface area contributed by atoms with Gasteiger partial charge in [0.15, 0.2) is 0 Å². The molecule has 3 heteroatoms. The Bertz CT molecular complexity index is 3000. The number of fused-ring (bicyclic) bond motifs is 7. The number of nitrogens with zero attached hydrogens (tertiary/aromatic N) is 3. The topological polar surface area (TPSA) is 13.1 Å². The Kier molecular flexibility index (Phi) is 7.84. The van der Waals surface area contributed by atoms with Gasteiger partial charge in [-0.2, -0.15) is 0 Å². The molecule has 11 rings (SSSR count). The van der Waals surface area contributed by atoms with E-state index in [2.05, 4.69) is 240 Å². The van der Waals surface area contributed by atoms with Gasteiger partial charge in [0, 0.05) is 50.8 Å². The molecule has 0 fully saturated rings. The Morgan fingerprint density at radius 3 is 1.41 bits per heavy atom. The van der Waals surface area contributed by atoms with Crippen molar-refractivity contribution < 1.29 is 0 Å². The molecular formula is C55H41N3. The van der Waals surface area contributed by atoms with Crippen molar-refractivity contribution in [2.75, 3.05) is 4.90 Å². The van der Waals surface area contributed by atoms with Gasteiger partial charge in [-0.25, -0.2) is 0 Å². The van der Waals surface area contributed by atoms with Gasteiger partial charge < -0.3 is 14.0 Å². The van der Waals surface area contributed by atoms with E-state index in [-0.39, 0.29) is 5.41 Å². The van der Waals surface area contributed by atoms with Crippen molar-refractivity contribution in [1.82, 2.24) is 9.13 Å². The van der Waals surface area contributed by atoms with Gasteiger partial charge in [-0.3, -0.25) is 0 Å². The molecule has 0 radical (unpaired) electrons. The number of benzene rings is 8. The molecule has 0 aliphatic carbocycles. The van der Waals surface area contributed by atoms with Gasteiger partial charge in [-0.1, -0.05) is 153 Å². The third-order valence-corrected chi connectivity index (χ3v) is 12.1. The van der Waals surface area contributed by atoms with Crippen LogP contribution in [0.4, 0.5) is 17.1 Å². The summed E-state index contributed by atoms with van der Waals surface area (Å²) in [5.74, 6) is 0. The van der Waals surface area contributed by atoms with Crippen LogP contribution in [-0.2, 0) is 5.41 Å². The molecule has 0 amide bonds. The van der Waals surface area contributed by atoms with Crippen LogP contribution in [0.2, 0.25) is 0 Å². The number of hydrogen-bond donors (Lipinski definition) is 0. The first kappa shape index (κ1) is 33.9. The highest BCUT2D eigenvalue weighted by Crippen LogP contribution is 2.50. The van der Waals surface area contributed by atoms with E-state index in [1.807, 2.05) is 0 Å². The summed E-state index contributed by atoms with van der Waals surface area (Å²) < 4.78 is 4.91. The van der Waals surface area contributed by atoms with Crippen molar-refractivity contribution >= 4 is 38.9 Å². The Balaban J connectivity index is 0.969. The molecule has 8 aromatic carbocycles. The minimum absolute atomic E-state index is 0.220. The average Bonchev–Trinajstić information content (AvgIpc) is 3.90. The first-order valence-electron chi connectivity index (χ1n) is 20.1. The van der Waals surface area contributed by atoms with Gasteiger partial charge in [-0.05, 0) is 106 Å². The summed E-state index contributed by atoms with van der Waals surface area (Å²) >= 11 is 0. The zero-order valence-corrected chi connectivity index (χ0v) is 32.5. The van der Waals surface area contributed by atoms with E-state index in [9.17, 15) is 0 Å². The van der Waals surface area contributed by atoms with Gasteiger partial charge in [0.25, 0.3) is 0 Å². The lowest BCUT2D eigenvalue weighted by Gasteiger charge is -2.26.